The summed E-state index contributed by atoms with van der Waals surface area (Å²) in [5, 5.41) is 7.91. The van der Waals surface area contributed by atoms with Crippen molar-refractivity contribution in [3.05, 3.63) is 29.8 Å². The molecule has 116 valence electrons. The maximum absolute atomic E-state index is 11.6. The number of benzene rings is 1. The van der Waals surface area contributed by atoms with Gasteiger partial charge in [0.1, 0.15) is 5.60 Å². The number of alkyl carbamates (subject to hydrolysis) is 1. The number of rotatable bonds is 4. The van der Waals surface area contributed by atoms with Crippen LogP contribution in [-0.2, 0) is 4.74 Å². The average Bonchev–Trinajstić information content (AvgIpc) is 2.35. The Hall–Kier alpha value is -2.24. The lowest BCUT2D eigenvalue weighted by atomic mass is 10.2. The molecule has 0 saturated carbocycles. The maximum Gasteiger partial charge on any atom is 0.407 e. The minimum Gasteiger partial charge on any atom is -0.444 e. The molecule has 0 fully saturated rings. The largest absolute Gasteiger partial charge is 0.444 e. The SMILES string of the molecule is Cc1ccc(NC(=O)NCCNC(=O)OC(C)(C)C)cc1. The number of hydrogen-bond acceptors (Lipinski definition) is 3. The third-order valence-corrected chi connectivity index (χ3v) is 2.39. The van der Waals surface area contributed by atoms with E-state index < -0.39 is 11.7 Å². The lowest BCUT2D eigenvalue weighted by Crippen LogP contribution is -2.39. The highest BCUT2D eigenvalue weighted by Crippen LogP contribution is 2.08. The quantitative estimate of drug-likeness (QED) is 0.747. The summed E-state index contributed by atoms with van der Waals surface area (Å²) in [6.45, 7) is 7.97. The van der Waals surface area contributed by atoms with Crippen molar-refractivity contribution in [3.63, 3.8) is 0 Å². The maximum atomic E-state index is 11.6. The molecule has 3 amide bonds. The number of ether oxygens (including phenoxy) is 1. The summed E-state index contributed by atoms with van der Waals surface area (Å²) in [4.78, 5) is 23.0. The van der Waals surface area contributed by atoms with Crippen LogP contribution in [-0.4, -0.2) is 30.8 Å². The highest BCUT2D eigenvalue weighted by Gasteiger charge is 2.15. The summed E-state index contributed by atoms with van der Waals surface area (Å²) in [6.07, 6.45) is -0.497. The Labute approximate surface area is 125 Å². The molecule has 21 heavy (non-hydrogen) atoms. The fourth-order valence-corrected chi connectivity index (χ4v) is 1.47. The van der Waals surface area contributed by atoms with Crippen LogP contribution in [0.25, 0.3) is 0 Å². The Balaban J connectivity index is 2.19. The lowest BCUT2D eigenvalue weighted by Gasteiger charge is -2.19. The van der Waals surface area contributed by atoms with Crippen molar-refractivity contribution < 1.29 is 14.3 Å². The predicted octanol–water partition coefficient (Wildman–Crippen LogP) is 2.64. The van der Waals surface area contributed by atoms with Crippen LogP contribution in [0.4, 0.5) is 15.3 Å². The zero-order chi connectivity index (χ0) is 15.9. The smallest absolute Gasteiger partial charge is 0.407 e. The van der Waals surface area contributed by atoms with Gasteiger partial charge in [0.25, 0.3) is 0 Å². The monoisotopic (exact) mass is 293 g/mol. The normalized spacial score (nSPS) is 10.7. The Morgan fingerprint density at radius 1 is 1.05 bits per heavy atom. The molecule has 1 aromatic rings. The highest BCUT2D eigenvalue weighted by atomic mass is 16.6. The number of carbonyl (C=O) groups excluding carboxylic acids is 2. The molecule has 6 heteroatoms. The van der Waals surface area contributed by atoms with Crippen molar-refractivity contribution in [3.8, 4) is 0 Å². The predicted molar refractivity (Wildman–Crippen MR) is 82.4 cm³/mol. The van der Waals surface area contributed by atoms with Crippen molar-refractivity contribution in [2.24, 2.45) is 0 Å². The van der Waals surface area contributed by atoms with E-state index in [1.165, 1.54) is 0 Å². The fourth-order valence-electron chi connectivity index (χ4n) is 1.47. The summed E-state index contributed by atoms with van der Waals surface area (Å²) < 4.78 is 5.07. The number of nitrogens with one attached hydrogen (secondary N) is 3. The van der Waals surface area contributed by atoms with Gasteiger partial charge in [-0.05, 0) is 39.8 Å². The minimum absolute atomic E-state index is 0.302. The van der Waals surface area contributed by atoms with Gasteiger partial charge in [-0.1, -0.05) is 17.7 Å². The Morgan fingerprint density at radius 3 is 2.19 bits per heavy atom. The van der Waals surface area contributed by atoms with Crippen molar-refractivity contribution in [1.82, 2.24) is 10.6 Å². The number of aryl methyl sites for hydroxylation is 1. The minimum atomic E-state index is -0.527. The summed E-state index contributed by atoms with van der Waals surface area (Å²) in [6, 6.07) is 7.17. The van der Waals surface area contributed by atoms with Crippen LogP contribution < -0.4 is 16.0 Å². The average molecular weight is 293 g/mol. The standard InChI is InChI=1S/C15H23N3O3/c1-11-5-7-12(8-6-11)18-13(19)16-9-10-17-14(20)21-15(2,3)4/h5-8H,9-10H2,1-4H3,(H,17,20)(H2,16,18,19). The summed E-state index contributed by atoms with van der Waals surface area (Å²) in [7, 11) is 0. The lowest BCUT2D eigenvalue weighted by molar-refractivity contribution is 0.0528. The first-order chi connectivity index (χ1) is 9.76. The van der Waals surface area contributed by atoms with Gasteiger partial charge in [-0.25, -0.2) is 9.59 Å². The number of urea groups is 1. The first-order valence-electron chi connectivity index (χ1n) is 6.84. The van der Waals surface area contributed by atoms with Crippen molar-refractivity contribution in [2.75, 3.05) is 18.4 Å². The van der Waals surface area contributed by atoms with Gasteiger partial charge in [-0.15, -0.1) is 0 Å². The molecule has 1 aromatic carbocycles. The van der Waals surface area contributed by atoms with Crippen LogP contribution in [0.15, 0.2) is 24.3 Å². The van der Waals surface area contributed by atoms with E-state index in [2.05, 4.69) is 16.0 Å². The van der Waals surface area contributed by atoms with E-state index in [9.17, 15) is 9.59 Å². The number of anilines is 1. The summed E-state index contributed by atoms with van der Waals surface area (Å²) in [5.41, 5.74) is 1.32. The number of amides is 3. The van der Waals surface area contributed by atoms with Crippen LogP contribution >= 0.6 is 0 Å². The van der Waals surface area contributed by atoms with Crippen LogP contribution in [0.3, 0.4) is 0 Å². The Kier molecular flexibility index (Phi) is 6.02. The number of carbonyl (C=O) groups is 2. The van der Waals surface area contributed by atoms with Crippen molar-refractivity contribution >= 4 is 17.8 Å². The third-order valence-electron chi connectivity index (χ3n) is 2.39. The van der Waals surface area contributed by atoms with Gasteiger partial charge in [-0.2, -0.15) is 0 Å². The molecule has 0 saturated heterocycles. The third kappa shape index (κ3) is 7.81. The number of hydrogen-bond donors (Lipinski definition) is 3. The zero-order valence-electron chi connectivity index (χ0n) is 12.9. The van der Waals surface area contributed by atoms with Gasteiger partial charge in [0.2, 0.25) is 0 Å². The molecule has 0 spiro atoms. The van der Waals surface area contributed by atoms with Crippen LogP contribution in [0, 0.1) is 6.92 Å². The molecule has 1 rings (SSSR count). The highest BCUT2D eigenvalue weighted by molar-refractivity contribution is 5.89. The molecule has 3 N–H and O–H groups in total. The fraction of sp³-hybridized carbons (Fsp3) is 0.467. The molecule has 0 aliphatic carbocycles. The van der Waals surface area contributed by atoms with Crippen molar-refractivity contribution in [1.29, 1.82) is 0 Å². The zero-order valence-corrected chi connectivity index (χ0v) is 12.9. The molecule has 0 aliphatic rings. The van der Waals surface area contributed by atoms with E-state index in [0.29, 0.717) is 13.1 Å². The van der Waals surface area contributed by atoms with Gasteiger partial charge < -0.3 is 20.7 Å². The second-order valence-corrected chi connectivity index (χ2v) is 5.68. The Bertz CT molecular complexity index is 478. The van der Waals surface area contributed by atoms with E-state index in [1.54, 1.807) is 20.8 Å². The van der Waals surface area contributed by atoms with Crippen LogP contribution in [0.2, 0.25) is 0 Å². The summed E-state index contributed by atoms with van der Waals surface area (Å²) in [5.74, 6) is 0. The molecule has 0 bridgehead atoms. The molecular formula is C15H23N3O3. The van der Waals surface area contributed by atoms with Gasteiger partial charge in [-0.3, -0.25) is 0 Å². The van der Waals surface area contributed by atoms with E-state index in [0.717, 1.165) is 11.3 Å². The first kappa shape index (κ1) is 16.8. The molecule has 0 atom stereocenters. The Morgan fingerprint density at radius 2 is 1.62 bits per heavy atom. The van der Waals surface area contributed by atoms with Crippen LogP contribution in [0.5, 0.6) is 0 Å². The van der Waals surface area contributed by atoms with Crippen LogP contribution in [0.1, 0.15) is 26.3 Å². The van der Waals surface area contributed by atoms with Gasteiger partial charge >= 0.3 is 12.1 Å². The van der Waals surface area contributed by atoms with E-state index in [-0.39, 0.29) is 6.03 Å². The molecule has 6 nitrogen and oxygen atoms in total. The van der Waals surface area contributed by atoms with Gasteiger partial charge in [0, 0.05) is 18.8 Å². The second kappa shape index (κ2) is 7.52. The molecule has 0 radical (unpaired) electrons. The van der Waals surface area contributed by atoms with E-state index >= 15 is 0 Å². The van der Waals surface area contributed by atoms with E-state index in [1.807, 2.05) is 31.2 Å². The molecular weight excluding hydrogens is 270 g/mol. The first-order valence-corrected chi connectivity index (χ1v) is 6.84. The van der Waals surface area contributed by atoms with E-state index in [4.69, 9.17) is 4.74 Å². The summed E-state index contributed by atoms with van der Waals surface area (Å²) >= 11 is 0. The van der Waals surface area contributed by atoms with Gasteiger partial charge in [0.05, 0.1) is 0 Å². The van der Waals surface area contributed by atoms with Gasteiger partial charge in [0.15, 0.2) is 0 Å². The second-order valence-electron chi connectivity index (χ2n) is 5.68. The van der Waals surface area contributed by atoms with Crippen molar-refractivity contribution in [2.45, 2.75) is 33.3 Å². The topological polar surface area (TPSA) is 79.5 Å². The molecule has 0 heterocycles. The molecule has 0 aliphatic heterocycles. The molecule has 0 unspecified atom stereocenters. The molecule has 0 aromatic heterocycles.